The minimum atomic E-state index is -0.279. The van der Waals surface area contributed by atoms with Crippen LogP contribution in [-0.2, 0) is 0 Å². The van der Waals surface area contributed by atoms with Gasteiger partial charge in [-0.25, -0.2) is 14.4 Å². The predicted octanol–water partition coefficient (Wildman–Crippen LogP) is 4.43. The lowest BCUT2D eigenvalue weighted by molar-refractivity contribution is 0.628. The van der Waals surface area contributed by atoms with E-state index in [2.05, 4.69) is 9.97 Å². The number of nitrogens with two attached hydrogens (primary N) is 2. The number of aromatic nitrogens is 2. The molecule has 0 radical (unpaired) electrons. The fourth-order valence-corrected chi connectivity index (χ4v) is 3.74. The zero-order chi connectivity index (χ0) is 18.3. The van der Waals surface area contributed by atoms with Gasteiger partial charge in [0, 0.05) is 24.0 Å². The Balaban J connectivity index is 1.79. The standard InChI is InChI=1S/C19H16FN5S/c1-25(14-7-3-5-12(20)9-14)16-10-15-17(22)23-18(24-19(15)26-16)11-4-2-6-13(21)8-11/h2-10H,21H2,1H3,(H2,22,23,24). The molecule has 7 heteroatoms. The van der Waals surface area contributed by atoms with Gasteiger partial charge < -0.3 is 16.4 Å². The Morgan fingerprint density at radius 3 is 2.58 bits per heavy atom. The van der Waals surface area contributed by atoms with E-state index >= 15 is 0 Å². The van der Waals surface area contributed by atoms with E-state index in [4.69, 9.17) is 11.5 Å². The van der Waals surface area contributed by atoms with Crippen molar-refractivity contribution in [1.29, 1.82) is 0 Å². The van der Waals surface area contributed by atoms with Gasteiger partial charge in [-0.05, 0) is 36.4 Å². The maximum absolute atomic E-state index is 13.5. The molecule has 26 heavy (non-hydrogen) atoms. The lowest BCUT2D eigenvalue weighted by atomic mass is 10.2. The van der Waals surface area contributed by atoms with Crippen LogP contribution in [0.1, 0.15) is 0 Å². The fraction of sp³-hybridized carbons (Fsp3) is 0.0526. The van der Waals surface area contributed by atoms with Crippen LogP contribution >= 0.6 is 11.3 Å². The Kier molecular flexibility index (Phi) is 3.93. The highest BCUT2D eigenvalue weighted by atomic mass is 32.1. The van der Waals surface area contributed by atoms with Crippen molar-refractivity contribution in [2.75, 3.05) is 23.4 Å². The first-order valence-corrected chi connectivity index (χ1v) is 8.75. The van der Waals surface area contributed by atoms with Crippen LogP contribution in [0, 0.1) is 5.82 Å². The van der Waals surface area contributed by atoms with Gasteiger partial charge in [-0.1, -0.05) is 29.5 Å². The predicted molar refractivity (Wildman–Crippen MR) is 106 cm³/mol. The van der Waals surface area contributed by atoms with Crippen molar-refractivity contribution < 1.29 is 4.39 Å². The molecule has 2 aromatic heterocycles. The van der Waals surface area contributed by atoms with Gasteiger partial charge in [0.05, 0.1) is 10.4 Å². The molecule has 0 bridgehead atoms. The molecule has 0 atom stereocenters. The van der Waals surface area contributed by atoms with Crippen molar-refractivity contribution in [3.05, 3.63) is 60.4 Å². The summed E-state index contributed by atoms with van der Waals surface area (Å²) < 4.78 is 13.5. The lowest BCUT2D eigenvalue weighted by Crippen LogP contribution is -2.07. The van der Waals surface area contributed by atoms with E-state index in [9.17, 15) is 4.39 Å². The minimum absolute atomic E-state index is 0.279. The summed E-state index contributed by atoms with van der Waals surface area (Å²) in [6.45, 7) is 0. The Morgan fingerprint density at radius 1 is 1.00 bits per heavy atom. The number of fused-ring (bicyclic) bond motifs is 1. The van der Waals surface area contributed by atoms with E-state index in [1.807, 2.05) is 48.3 Å². The van der Waals surface area contributed by atoms with Crippen LogP contribution in [0.15, 0.2) is 54.6 Å². The molecule has 2 aromatic carbocycles. The molecule has 0 saturated heterocycles. The maximum Gasteiger partial charge on any atom is 0.163 e. The van der Waals surface area contributed by atoms with Crippen LogP contribution in [0.4, 0.5) is 26.6 Å². The van der Waals surface area contributed by atoms with Gasteiger partial charge in [-0.2, -0.15) is 0 Å². The first kappa shape index (κ1) is 16.3. The summed E-state index contributed by atoms with van der Waals surface area (Å²) in [5, 5.41) is 1.68. The molecule has 0 spiro atoms. The Morgan fingerprint density at radius 2 is 1.81 bits per heavy atom. The third-order valence-electron chi connectivity index (χ3n) is 4.08. The maximum atomic E-state index is 13.5. The summed E-state index contributed by atoms with van der Waals surface area (Å²) in [5.41, 5.74) is 14.2. The normalized spacial score (nSPS) is 11.0. The average Bonchev–Trinajstić information content (AvgIpc) is 3.06. The molecule has 4 aromatic rings. The number of benzene rings is 2. The van der Waals surface area contributed by atoms with Crippen molar-refractivity contribution >= 4 is 43.7 Å². The number of nitrogen functional groups attached to an aromatic ring is 2. The van der Waals surface area contributed by atoms with Gasteiger partial charge in [-0.3, -0.25) is 0 Å². The van der Waals surface area contributed by atoms with Crippen molar-refractivity contribution in [2.45, 2.75) is 0 Å². The molecule has 0 fully saturated rings. The number of rotatable bonds is 3. The first-order valence-electron chi connectivity index (χ1n) is 7.93. The summed E-state index contributed by atoms with van der Waals surface area (Å²) in [5.74, 6) is 0.658. The number of hydrogen-bond acceptors (Lipinski definition) is 6. The van der Waals surface area contributed by atoms with Gasteiger partial charge in [0.2, 0.25) is 0 Å². The van der Waals surface area contributed by atoms with Crippen molar-refractivity contribution in [3.8, 4) is 11.4 Å². The minimum Gasteiger partial charge on any atom is -0.399 e. The van der Waals surface area contributed by atoms with E-state index in [0.29, 0.717) is 17.3 Å². The quantitative estimate of drug-likeness (QED) is 0.525. The number of halogens is 1. The van der Waals surface area contributed by atoms with Crippen molar-refractivity contribution in [3.63, 3.8) is 0 Å². The third-order valence-corrected chi connectivity index (χ3v) is 5.19. The second kappa shape index (κ2) is 6.27. The Bertz CT molecular complexity index is 1110. The number of nitrogens with zero attached hydrogens (tertiary/aromatic N) is 3. The summed E-state index contributed by atoms with van der Waals surface area (Å²) in [6.07, 6.45) is 0. The first-order chi connectivity index (χ1) is 12.5. The molecule has 0 unspecified atom stereocenters. The van der Waals surface area contributed by atoms with Crippen LogP contribution in [0.25, 0.3) is 21.6 Å². The second-order valence-corrected chi connectivity index (χ2v) is 6.91. The van der Waals surface area contributed by atoms with Crippen LogP contribution in [-0.4, -0.2) is 17.0 Å². The van der Waals surface area contributed by atoms with E-state index in [-0.39, 0.29) is 5.82 Å². The highest BCUT2D eigenvalue weighted by molar-refractivity contribution is 7.22. The molecule has 130 valence electrons. The van der Waals surface area contributed by atoms with Crippen molar-refractivity contribution in [1.82, 2.24) is 9.97 Å². The molecule has 0 aliphatic carbocycles. The number of hydrogen-bond donors (Lipinski definition) is 2. The monoisotopic (exact) mass is 365 g/mol. The topological polar surface area (TPSA) is 81.1 Å². The summed E-state index contributed by atoms with van der Waals surface area (Å²) in [4.78, 5) is 11.7. The molecule has 5 nitrogen and oxygen atoms in total. The van der Waals surface area contributed by atoms with Gasteiger partial charge in [0.25, 0.3) is 0 Å². The Labute approximate surface area is 153 Å². The van der Waals surface area contributed by atoms with Gasteiger partial charge in [0.1, 0.15) is 16.5 Å². The summed E-state index contributed by atoms with van der Waals surface area (Å²) in [7, 11) is 1.88. The molecular formula is C19H16FN5S. The molecule has 0 saturated carbocycles. The molecular weight excluding hydrogens is 349 g/mol. The zero-order valence-corrected chi connectivity index (χ0v) is 14.8. The third kappa shape index (κ3) is 2.93. The molecule has 0 amide bonds. The van der Waals surface area contributed by atoms with Gasteiger partial charge in [0.15, 0.2) is 5.82 Å². The average molecular weight is 365 g/mol. The van der Waals surface area contributed by atoms with E-state index in [1.165, 1.54) is 23.5 Å². The van der Waals surface area contributed by atoms with Gasteiger partial charge in [-0.15, -0.1) is 0 Å². The highest BCUT2D eigenvalue weighted by Crippen LogP contribution is 2.37. The van der Waals surface area contributed by atoms with Crippen LogP contribution in [0.2, 0.25) is 0 Å². The molecule has 0 aliphatic rings. The molecule has 4 N–H and O–H groups in total. The van der Waals surface area contributed by atoms with E-state index < -0.39 is 0 Å². The Hall–Kier alpha value is -3.19. The lowest BCUT2D eigenvalue weighted by Gasteiger charge is -2.16. The largest absolute Gasteiger partial charge is 0.399 e. The van der Waals surface area contributed by atoms with Crippen LogP contribution < -0.4 is 16.4 Å². The van der Waals surface area contributed by atoms with E-state index in [1.54, 1.807) is 6.07 Å². The molecule has 0 aliphatic heterocycles. The second-order valence-electron chi connectivity index (χ2n) is 5.90. The van der Waals surface area contributed by atoms with Crippen molar-refractivity contribution in [2.24, 2.45) is 0 Å². The smallest absolute Gasteiger partial charge is 0.163 e. The fourth-order valence-electron chi connectivity index (χ4n) is 2.71. The number of thiophene rings is 1. The molecule has 4 rings (SSSR count). The summed E-state index contributed by atoms with van der Waals surface area (Å²) in [6, 6.07) is 15.7. The highest BCUT2D eigenvalue weighted by Gasteiger charge is 2.14. The summed E-state index contributed by atoms with van der Waals surface area (Å²) >= 11 is 1.47. The van der Waals surface area contributed by atoms with E-state index in [0.717, 1.165) is 26.5 Å². The molecule has 2 heterocycles. The zero-order valence-electron chi connectivity index (χ0n) is 14.0. The van der Waals surface area contributed by atoms with Crippen LogP contribution in [0.5, 0.6) is 0 Å². The SMILES string of the molecule is CN(c1cccc(F)c1)c1cc2c(N)nc(-c3cccc(N)c3)nc2s1. The van der Waals surface area contributed by atoms with Gasteiger partial charge >= 0.3 is 0 Å². The number of anilines is 4. The van der Waals surface area contributed by atoms with Crippen LogP contribution in [0.3, 0.4) is 0 Å².